The Morgan fingerprint density at radius 1 is 1.54 bits per heavy atom. The van der Waals surface area contributed by atoms with Gasteiger partial charge in [0.15, 0.2) is 0 Å². The predicted molar refractivity (Wildman–Crippen MR) is 55.7 cm³/mol. The fraction of sp³-hybridized carbons (Fsp3) is 0.818. The largest absolute Gasteiger partial charge is 0.316 e. The van der Waals surface area contributed by atoms with Crippen molar-refractivity contribution in [2.45, 2.75) is 19.9 Å². The van der Waals surface area contributed by atoms with Gasteiger partial charge in [-0.15, -0.1) is 0 Å². The van der Waals surface area contributed by atoms with Crippen LogP contribution in [0, 0.1) is 11.8 Å². The summed E-state index contributed by atoms with van der Waals surface area (Å²) in [5.41, 5.74) is 1.29. The van der Waals surface area contributed by atoms with Crippen molar-refractivity contribution >= 4 is 0 Å². The van der Waals surface area contributed by atoms with E-state index in [2.05, 4.69) is 30.6 Å². The highest BCUT2D eigenvalue weighted by atomic mass is 15.2. The Balaban J connectivity index is 1.98. The lowest BCUT2D eigenvalue weighted by molar-refractivity contribution is 0.259. The fourth-order valence-electron chi connectivity index (χ4n) is 2.81. The molecule has 0 radical (unpaired) electrons. The lowest BCUT2D eigenvalue weighted by Crippen LogP contribution is -2.34. The summed E-state index contributed by atoms with van der Waals surface area (Å²) in [5, 5.41) is 3.48. The molecule has 2 aliphatic heterocycles. The number of hydrogen-bond acceptors (Lipinski definition) is 2. The first-order valence-corrected chi connectivity index (χ1v) is 5.27. The van der Waals surface area contributed by atoms with Gasteiger partial charge in [-0.1, -0.05) is 12.2 Å². The second-order valence-corrected chi connectivity index (χ2v) is 4.71. The van der Waals surface area contributed by atoms with Crippen LogP contribution in [0.3, 0.4) is 0 Å². The summed E-state index contributed by atoms with van der Waals surface area (Å²) < 4.78 is 0. The Labute approximate surface area is 81.0 Å². The average molecular weight is 180 g/mol. The predicted octanol–water partition coefficient (Wildman–Crippen LogP) is 1.10. The van der Waals surface area contributed by atoms with Crippen LogP contribution in [0.25, 0.3) is 0 Å². The van der Waals surface area contributed by atoms with E-state index in [4.69, 9.17) is 0 Å². The van der Waals surface area contributed by atoms with Crippen molar-refractivity contribution in [3.05, 3.63) is 12.2 Å². The van der Waals surface area contributed by atoms with Crippen LogP contribution < -0.4 is 5.32 Å². The average Bonchev–Trinajstić information content (AvgIpc) is 2.56. The van der Waals surface area contributed by atoms with Gasteiger partial charge in [-0.05, 0) is 38.8 Å². The van der Waals surface area contributed by atoms with Gasteiger partial charge in [-0.2, -0.15) is 0 Å². The van der Waals surface area contributed by atoms with Gasteiger partial charge in [0, 0.05) is 19.1 Å². The van der Waals surface area contributed by atoms with Crippen molar-refractivity contribution in [1.82, 2.24) is 10.2 Å². The second kappa shape index (κ2) is 3.43. The van der Waals surface area contributed by atoms with Crippen LogP contribution >= 0.6 is 0 Å². The summed E-state index contributed by atoms with van der Waals surface area (Å²) in [4.78, 5) is 2.58. The topological polar surface area (TPSA) is 15.3 Å². The van der Waals surface area contributed by atoms with Crippen molar-refractivity contribution in [2.75, 3.05) is 26.2 Å². The summed E-state index contributed by atoms with van der Waals surface area (Å²) in [6.45, 7) is 13.3. The van der Waals surface area contributed by atoms with Gasteiger partial charge in [0.1, 0.15) is 0 Å². The van der Waals surface area contributed by atoms with Crippen molar-refractivity contribution in [2.24, 2.45) is 11.8 Å². The molecule has 2 saturated heterocycles. The third-order valence-electron chi connectivity index (χ3n) is 3.53. The standard InChI is InChI=1S/C11H20N2/c1-8(2)6-13-7-10-4-12-5-11(10)9(13)3/h9-12H,1,4-7H2,2-3H3. The number of rotatable bonds is 2. The Bertz CT molecular complexity index is 212. The van der Waals surface area contributed by atoms with E-state index in [1.807, 2.05) is 0 Å². The molecule has 2 fully saturated rings. The van der Waals surface area contributed by atoms with E-state index in [1.165, 1.54) is 25.2 Å². The van der Waals surface area contributed by atoms with Crippen LogP contribution in [0.2, 0.25) is 0 Å². The third kappa shape index (κ3) is 1.65. The molecule has 13 heavy (non-hydrogen) atoms. The maximum atomic E-state index is 3.99. The molecule has 2 rings (SSSR count). The highest BCUT2D eigenvalue weighted by molar-refractivity contribution is 5.01. The molecular weight excluding hydrogens is 160 g/mol. The van der Waals surface area contributed by atoms with Crippen LogP contribution in [0.1, 0.15) is 13.8 Å². The molecule has 0 saturated carbocycles. The molecule has 2 heteroatoms. The van der Waals surface area contributed by atoms with Crippen LogP contribution in [0.4, 0.5) is 0 Å². The molecule has 0 aliphatic carbocycles. The maximum absolute atomic E-state index is 3.99. The van der Waals surface area contributed by atoms with Crippen LogP contribution in [-0.2, 0) is 0 Å². The molecule has 1 N–H and O–H groups in total. The first kappa shape index (κ1) is 9.22. The number of fused-ring (bicyclic) bond motifs is 1. The van der Waals surface area contributed by atoms with Crippen molar-refractivity contribution in [3.63, 3.8) is 0 Å². The Morgan fingerprint density at radius 3 is 2.92 bits per heavy atom. The minimum atomic E-state index is 0.747. The zero-order chi connectivity index (χ0) is 9.42. The molecule has 3 unspecified atom stereocenters. The highest BCUT2D eigenvalue weighted by Gasteiger charge is 2.41. The van der Waals surface area contributed by atoms with E-state index in [-0.39, 0.29) is 0 Å². The van der Waals surface area contributed by atoms with Crippen molar-refractivity contribution in [3.8, 4) is 0 Å². The first-order valence-electron chi connectivity index (χ1n) is 5.27. The minimum absolute atomic E-state index is 0.747. The summed E-state index contributed by atoms with van der Waals surface area (Å²) in [6, 6.07) is 0.747. The van der Waals surface area contributed by atoms with E-state index in [9.17, 15) is 0 Å². The minimum Gasteiger partial charge on any atom is -0.316 e. The van der Waals surface area contributed by atoms with E-state index in [0.29, 0.717) is 0 Å². The number of hydrogen-bond donors (Lipinski definition) is 1. The zero-order valence-corrected chi connectivity index (χ0v) is 8.71. The van der Waals surface area contributed by atoms with Crippen LogP contribution in [-0.4, -0.2) is 37.1 Å². The molecule has 2 aliphatic rings. The van der Waals surface area contributed by atoms with Gasteiger partial charge < -0.3 is 5.32 Å². The molecule has 2 nitrogen and oxygen atoms in total. The summed E-state index contributed by atoms with van der Waals surface area (Å²) in [6.07, 6.45) is 0. The zero-order valence-electron chi connectivity index (χ0n) is 8.71. The fourth-order valence-corrected chi connectivity index (χ4v) is 2.81. The molecule has 0 bridgehead atoms. The Hall–Kier alpha value is -0.340. The van der Waals surface area contributed by atoms with Gasteiger partial charge >= 0.3 is 0 Å². The first-order chi connectivity index (χ1) is 6.18. The monoisotopic (exact) mass is 180 g/mol. The summed E-state index contributed by atoms with van der Waals surface area (Å²) in [5.74, 6) is 1.79. The van der Waals surface area contributed by atoms with Crippen molar-refractivity contribution in [1.29, 1.82) is 0 Å². The van der Waals surface area contributed by atoms with E-state index >= 15 is 0 Å². The van der Waals surface area contributed by atoms with E-state index < -0.39 is 0 Å². The number of nitrogens with zero attached hydrogens (tertiary/aromatic N) is 1. The lowest BCUT2D eigenvalue weighted by atomic mass is 9.95. The SMILES string of the molecule is C=C(C)CN1CC2CNCC2C1C. The molecule has 74 valence electrons. The molecule has 2 heterocycles. The third-order valence-corrected chi connectivity index (χ3v) is 3.53. The van der Waals surface area contributed by atoms with Gasteiger partial charge in [0.05, 0.1) is 0 Å². The summed E-state index contributed by atoms with van der Waals surface area (Å²) in [7, 11) is 0. The lowest BCUT2D eigenvalue weighted by Gasteiger charge is -2.24. The van der Waals surface area contributed by atoms with Gasteiger partial charge in [-0.3, -0.25) is 4.90 Å². The van der Waals surface area contributed by atoms with E-state index in [0.717, 1.165) is 24.4 Å². The molecule has 3 atom stereocenters. The van der Waals surface area contributed by atoms with Gasteiger partial charge in [0.25, 0.3) is 0 Å². The van der Waals surface area contributed by atoms with Crippen LogP contribution in [0.5, 0.6) is 0 Å². The second-order valence-electron chi connectivity index (χ2n) is 4.71. The highest BCUT2D eigenvalue weighted by Crippen LogP contribution is 2.32. The molecule has 0 aromatic rings. The number of nitrogens with one attached hydrogen (secondary N) is 1. The molecule has 0 aromatic carbocycles. The van der Waals surface area contributed by atoms with Crippen LogP contribution in [0.15, 0.2) is 12.2 Å². The molecular formula is C11H20N2. The van der Waals surface area contributed by atoms with Gasteiger partial charge in [-0.25, -0.2) is 0 Å². The molecule has 0 aromatic heterocycles. The normalized spacial score (nSPS) is 39.4. The Kier molecular flexibility index (Phi) is 2.43. The molecule has 0 spiro atoms. The quantitative estimate of drug-likeness (QED) is 0.640. The van der Waals surface area contributed by atoms with E-state index in [1.54, 1.807) is 0 Å². The smallest absolute Gasteiger partial charge is 0.0190 e. The molecule has 0 amide bonds. The van der Waals surface area contributed by atoms with Crippen molar-refractivity contribution < 1.29 is 0 Å². The maximum Gasteiger partial charge on any atom is 0.0190 e. The number of likely N-dealkylation sites (tertiary alicyclic amines) is 1. The van der Waals surface area contributed by atoms with Gasteiger partial charge in [0.2, 0.25) is 0 Å². The Morgan fingerprint density at radius 2 is 2.31 bits per heavy atom. The summed E-state index contributed by atoms with van der Waals surface area (Å²) >= 11 is 0.